The number of amides is 3. The molecule has 0 aliphatic heterocycles. The highest BCUT2D eigenvalue weighted by atomic mass is 32.1. The maximum Gasteiger partial charge on any atom is 0.328 e. The van der Waals surface area contributed by atoms with E-state index in [0.717, 1.165) is 0 Å². The van der Waals surface area contributed by atoms with E-state index in [1.54, 1.807) is 35.0 Å². The van der Waals surface area contributed by atoms with E-state index in [2.05, 4.69) is 10.6 Å². The van der Waals surface area contributed by atoms with Gasteiger partial charge in [-0.3, -0.25) is 19.7 Å². The summed E-state index contributed by atoms with van der Waals surface area (Å²) in [4.78, 5) is 47.7. The Morgan fingerprint density at radius 1 is 1.04 bits per heavy atom. The van der Waals surface area contributed by atoms with E-state index in [1.165, 1.54) is 29.6 Å². The Bertz CT molecular complexity index is 725. The van der Waals surface area contributed by atoms with Gasteiger partial charge in [-0.15, -0.1) is 22.7 Å². The third kappa shape index (κ3) is 5.00. The number of imide groups is 1. The van der Waals surface area contributed by atoms with Crippen LogP contribution in [0.4, 0.5) is 0 Å². The van der Waals surface area contributed by atoms with Crippen molar-refractivity contribution in [3.63, 3.8) is 0 Å². The molecular weight excluding hydrogens is 352 g/mol. The van der Waals surface area contributed by atoms with E-state index in [1.807, 2.05) is 0 Å². The molecule has 2 N–H and O–H groups in total. The molecule has 0 aliphatic rings. The third-order valence-electron chi connectivity index (χ3n) is 2.79. The highest BCUT2D eigenvalue weighted by Crippen LogP contribution is 2.09. The van der Waals surface area contributed by atoms with Gasteiger partial charge in [-0.05, 0) is 29.8 Å². The molecule has 7 nitrogen and oxygen atoms in total. The Morgan fingerprint density at radius 3 is 2.17 bits per heavy atom. The van der Waals surface area contributed by atoms with Crippen LogP contribution in [0.15, 0.2) is 35.0 Å². The van der Waals surface area contributed by atoms with Crippen LogP contribution in [-0.2, 0) is 14.3 Å². The zero-order chi connectivity index (χ0) is 17.5. The predicted molar refractivity (Wildman–Crippen MR) is 89.0 cm³/mol. The zero-order valence-electron chi connectivity index (χ0n) is 12.6. The molecule has 1 atom stereocenters. The second kappa shape index (κ2) is 8.37. The molecule has 0 aliphatic carbocycles. The highest BCUT2D eigenvalue weighted by molar-refractivity contribution is 7.12. The molecule has 0 saturated heterocycles. The van der Waals surface area contributed by atoms with Gasteiger partial charge < -0.3 is 10.1 Å². The second-order valence-corrected chi connectivity index (χ2v) is 6.53. The van der Waals surface area contributed by atoms with Crippen molar-refractivity contribution in [2.24, 2.45) is 0 Å². The first-order valence-electron chi connectivity index (χ1n) is 6.86. The van der Waals surface area contributed by atoms with Gasteiger partial charge in [-0.1, -0.05) is 12.1 Å². The summed E-state index contributed by atoms with van der Waals surface area (Å²) in [6.07, 6.45) is 0. The Balaban J connectivity index is 1.74. The van der Waals surface area contributed by atoms with Gasteiger partial charge in [0.05, 0.1) is 9.75 Å². The monoisotopic (exact) mass is 366 g/mol. The molecule has 2 aromatic heterocycles. The van der Waals surface area contributed by atoms with Gasteiger partial charge in [-0.25, -0.2) is 4.79 Å². The average molecular weight is 366 g/mol. The number of esters is 1. The molecule has 2 rings (SSSR count). The molecule has 126 valence electrons. The van der Waals surface area contributed by atoms with Gasteiger partial charge in [0.2, 0.25) is 0 Å². The lowest BCUT2D eigenvalue weighted by molar-refractivity contribution is -0.149. The topological polar surface area (TPSA) is 102 Å². The van der Waals surface area contributed by atoms with Gasteiger partial charge in [0.15, 0.2) is 6.61 Å². The van der Waals surface area contributed by atoms with Crippen LogP contribution < -0.4 is 10.6 Å². The Hall–Kier alpha value is -2.52. The zero-order valence-corrected chi connectivity index (χ0v) is 14.2. The van der Waals surface area contributed by atoms with Crippen molar-refractivity contribution in [3.05, 3.63) is 44.8 Å². The summed E-state index contributed by atoms with van der Waals surface area (Å²) in [6.45, 7) is 0.845. The van der Waals surface area contributed by atoms with Crippen LogP contribution in [0.5, 0.6) is 0 Å². The minimum Gasteiger partial charge on any atom is -0.454 e. The fraction of sp³-hybridized carbons (Fsp3) is 0.200. The maximum atomic E-state index is 11.8. The van der Waals surface area contributed by atoms with Crippen LogP contribution in [0.1, 0.15) is 26.3 Å². The molecule has 9 heteroatoms. The summed E-state index contributed by atoms with van der Waals surface area (Å²) in [5, 5.41) is 8.03. The van der Waals surface area contributed by atoms with E-state index in [0.29, 0.717) is 9.75 Å². The number of carbonyl (C=O) groups excluding carboxylic acids is 4. The van der Waals surface area contributed by atoms with Crippen molar-refractivity contribution in [3.8, 4) is 0 Å². The van der Waals surface area contributed by atoms with Gasteiger partial charge in [0.1, 0.15) is 6.04 Å². The molecule has 0 radical (unpaired) electrons. The van der Waals surface area contributed by atoms with Crippen molar-refractivity contribution >= 4 is 46.4 Å². The van der Waals surface area contributed by atoms with E-state index in [4.69, 9.17) is 4.74 Å². The Labute approximate surface area is 145 Å². The first-order valence-corrected chi connectivity index (χ1v) is 8.62. The van der Waals surface area contributed by atoms with Crippen molar-refractivity contribution in [2.75, 3.05) is 6.61 Å². The predicted octanol–water partition coefficient (Wildman–Crippen LogP) is 1.43. The second-order valence-electron chi connectivity index (χ2n) is 4.63. The molecule has 2 heterocycles. The quantitative estimate of drug-likeness (QED) is 0.753. The molecule has 0 aromatic carbocycles. The molecule has 24 heavy (non-hydrogen) atoms. The lowest BCUT2D eigenvalue weighted by atomic mass is 10.3. The Kier molecular flexibility index (Phi) is 6.21. The highest BCUT2D eigenvalue weighted by Gasteiger charge is 2.20. The summed E-state index contributed by atoms with van der Waals surface area (Å²) >= 11 is 2.43. The van der Waals surface area contributed by atoms with Crippen LogP contribution in [-0.4, -0.2) is 36.3 Å². The van der Waals surface area contributed by atoms with Gasteiger partial charge in [0.25, 0.3) is 17.7 Å². The number of ether oxygens (including phenoxy) is 1. The van der Waals surface area contributed by atoms with E-state index < -0.39 is 36.3 Å². The number of carbonyl (C=O) groups is 4. The summed E-state index contributed by atoms with van der Waals surface area (Å²) in [6, 6.07) is 5.68. The Morgan fingerprint density at radius 2 is 1.62 bits per heavy atom. The molecule has 0 saturated carbocycles. The smallest absolute Gasteiger partial charge is 0.328 e. The number of rotatable bonds is 6. The average Bonchev–Trinajstić information content (AvgIpc) is 3.24. The lowest BCUT2D eigenvalue weighted by Gasteiger charge is -2.12. The van der Waals surface area contributed by atoms with Crippen molar-refractivity contribution < 1.29 is 23.9 Å². The van der Waals surface area contributed by atoms with Crippen LogP contribution in [0.25, 0.3) is 0 Å². The largest absolute Gasteiger partial charge is 0.454 e. The molecule has 0 unspecified atom stereocenters. The third-order valence-corrected chi connectivity index (χ3v) is 4.53. The molecule has 0 spiro atoms. The molecule has 2 aromatic rings. The molecular formula is C15H14N2O5S2. The van der Waals surface area contributed by atoms with Crippen LogP contribution >= 0.6 is 22.7 Å². The van der Waals surface area contributed by atoms with Gasteiger partial charge >= 0.3 is 5.97 Å². The fourth-order valence-electron chi connectivity index (χ4n) is 1.63. The number of thiophene rings is 2. The standard InChI is InChI=1S/C15H14N2O5S2/c1-9(16-13(19)10-4-2-6-23-10)15(21)22-8-12(18)17-14(20)11-5-3-7-24-11/h2-7,9H,8H2,1H3,(H,16,19)(H,17,18,20)/t9-/m1/s1. The number of nitrogens with one attached hydrogen (secondary N) is 2. The first kappa shape index (κ1) is 17.8. The SMILES string of the molecule is C[C@@H](NC(=O)c1cccs1)C(=O)OCC(=O)NC(=O)c1cccs1. The summed E-state index contributed by atoms with van der Waals surface area (Å²) < 4.78 is 4.79. The number of hydrogen-bond donors (Lipinski definition) is 2. The van der Waals surface area contributed by atoms with Crippen molar-refractivity contribution in [2.45, 2.75) is 13.0 Å². The van der Waals surface area contributed by atoms with Gasteiger partial charge in [0, 0.05) is 0 Å². The van der Waals surface area contributed by atoms with E-state index in [-0.39, 0.29) is 0 Å². The van der Waals surface area contributed by atoms with Crippen molar-refractivity contribution in [1.29, 1.82) is 0 Å². The fourth-order valence-corrected chi connectivity index (χ4v) is 2.87. The summed E-state index contributed by atoms with van der Waals surface area (Å²) in [5.74, 6) is -2.45. The normalized spacial score (nSPS) is 11.4. The molecule has 0 bridgehead atoms. The number of hydrogen-bond acceptors (Lipinski definition) is 7. The minimum atomic E-state index is -0.916. The van der Waals surface area contributed by atoms with Crippen LogP contribution in [0.3, 0.4) is 0 Å². The molecule has 0 fully saturated rings. The maximum absolute atomic E-state index is 11.8. The van der Waals surface area contributed by atoms with Crippen LogP contribution in [0.2, 0.25) is 0 Å². The van der Waals surface area contributed by atoms with Crippen molar-refractivity contribution in [1.82, 2.24) is 10.6 Å². The molecule has 3 amide bonds. The summed E-state index contributed by atoms with van der Waals surface area (Å²) in [7, 11) is 0. The summed E-state index contributed by atoms with van der Waals surface area (Å²) in [5.41, 5.74) is 0. The van der Waals surface area contributed by atoms with E-state index in [9.17, 15) is 19.2 Å². The lowest BCUT2D eigenvalue weighted by Crippen LogP contribution is -2.41. The van der Waals surface area contributed by atoms with Gasteiger partial charge in [-0.2, -0.15) is 0 Å². The van der Waals surface area contributed by atoms with E-state index >= 15 is 0 Å². The minimum absolute atomic E-state index is 0.381. The first-order chi connectivity index (χ1) is 11.5. The van der Waals surface area contributed by atoms with Crippen LogP contribution in [0, 0.1) is 0 Å².